The molecule has 0 atom stereocenters. The van der Waals surface area contributed by atoms with Crippen LogP contribution in [0.3, 0.4) is 0 Å². The summed E-state index contributed by atoms with van der Waals surface area (Å²) >= 11 is 0. The van der Waals surface area contributed by atoms with Gasteiger partial charge in [0, 0.05) is 0 Å². The van der Waals surface area contributed by atoms with Crippen LogP contribution in [-0.4, -0.2) is 12.3 Å². The fourth-order valence-electron chi connectivity index (χ4n) is 0.790. The summed E-state index contributed by atoms with van der Waals surface area (Å²) in [5.41, 5.74) is 0. The van der Waals surface area contributed by atoms with E-state index in [1.54, 1.807) is 0 Å². The van der Waals surface area contributed by atoms with Crippen LogP contribution in [0, 0.1) is 5.39 Å². The van der Waals surface area contributed by atoms with Crippen LogP contribution in [0.5, 0.6) is 0 Å². The molecule has 0 N–H and O–H groups in total. The molecule has 1 aliphatic heterocycles. The fraction of sp³-hybridized carbons (Fsp3) is 1.00. The van der Waals surface area contributed by atoms with Gasteiger partial charge >= 0.3 is 8.07 Å². The van der Waals surface area contributed by atoms with E-state index in [1.165, 1.54) is 12.8 Å². The van der Waals surface area contributed by atoms with E-state index in [0.717, 1.165) is 12.3 Å². The Kier molecular flexibility index (Phi) is 1.59. The van der Waals surface area contributed by atoms with Crippen molar-refractivity contribution in [3.05, 3.63) is 4.75 Å². The molecule has 0 bridgehead atoms. The average molecular weight is 115 g/mol. The van der Waals surface area contributed by atoms with E-state index in [4.69, 9.17) is 5.39 Å². The molecule has 3 heteroatoms. The lowest BCUT2D eigenvalue weighted by molar-refractivity contribution is 0.949. The molecule has 0 unspecified atom stereocenters. The molecule has 7 heavy (non-hydrogen) atoms. The second-order valence-corrected chi connectivity index (χ2v) is 3.84. The number of hydrogen-bond acceptors (Lipinski definition) is 1. The van der Waals surface area contributed by atoms with Crippen LogP contribution in [0.4, 0.5) is 0 Å². The van der Waals surface area contributed by atoms with E-state index >= 15 is 0 Å². The molecular formula is C4H8N2P+. The first-order valence-electron chi connectivity index (χ1n) is 2.53. The minimum Gasteiger partial charge on any atom is -0.0416 e. The molecule has 0 aromatic carbocycles. The Morgan fingerprint density at radius 2 is 1.86 bits per heavy atom. The molecule has 2 nitrogen and oxygen atoms in total. The molecule has 1 aliphatic rings. The predicted molar refractivity (Wildman–Crippen MR) is 31.0 cm³/mol. The molecule has 0 spiro atoms. The quantitative estimate of drug-likeness (QED) is 0.350. The third-order valence-corrected chi connectivity index (χ3v) is 3.13. The van der Waals surface area contributed by atoms with Crippen LogP contribution in [0.25, 0.3) is 4.75 Å². The van der Waals surface area contributed by atoms with Gasteiger partial charge in [-0.3, -0.25) is 0 Å². The van der Waals surface area contributed by atoms with Crippen LogP contribution < -0.4 is 0 Å². The second-order valence-electron chi connectivity index (χ2n) is 1.75. The van der Waals surface area contributed by atoms with Gasteiger partial charge in [0.25, 0.3) is 0 Å². The van der Waals surface area contributed by atoms with E-state index in [0.29, 0.717) is 0 Å². The Balaban J connectivity index is 2.31. The summed E-state index contributed by atoms with van der Waals surface area (Å²) in [4.78, 5) is 0. The first-order chi connectivity index (χ1) is 3.43. The van der Waals surface area contributed by atoms with Gasteiger partial charge in [-0.05, 0) is 12.8 Å². The van der Waals surface area contributed by atoms with Crippen molar-refractivity contribution in [3.8, 4) is 0 Å². The molecule has 0 aromatic rings. The highest BCUT2D eigenvalue weighted by Gasteiger charge is 2.27. The van der Waals surface area contributed by atoms with E-state index in [2.05, 4.69) is 4.75 Å². The third-order valence-electron chi connectivity index (χ3n) is 1.21. The lowest BCUT2D eigenvalue weighted by Gasteiger charge is -1.69. The Morgan fingerprint density at radius 3 is 2.14 bits per heavy atom. The Morgan fingerprint density at radius 1 is 1.29 bits per heavy atom. The lowest BCUT2D eigenvalue weighted by atomic mass is 10.4. The SMILES string of the molecule is N#[N+]P1CCCC1. The molecule has 0 radical (unpaired) electrons. The zero-order valence-electron chi connectivity index (χ0n) is 4.17. The molecule has 1 rings (SSSR count). The zero-order chi connectivity index (χ0) is 5.11. The minimum absolute atomic E-state index is 0.262. The number of hydrogen-bond donors (Lipinski definition) is 0. The summed E-state index contributed by atoms with van der Waals surface area (Å²) in [6.45, 7) is 0. The summed E-state index contributed by atoms with van der Waals surface area (Å²) in [6, 6.07) is 0. The molecule has 1 heterocycles. The Bertz CT molecular complexity index is 90.4. The van der Waals surface area contributed by atoms with E-state index in [-0.39, 0.29) is 8.07 Å². The predicted octanol–water partition coefficient (Wildman–Crippen LogP) is 2.03. The first-order valence-corrected chi connectivity index (χ1v) is 4.20. The van der Waals surface area contributed by atoms with Crippen LogP contribution in [0.15, 0.2) is 0 Å². The van der Waals surface area contributed by atoms with Gasteiger partial charge in [-0.15, -0.1) is 0 Å². The number of nitrogens with zero attached hydrogens (tertiary/aromatic N) is 2. The summed E-state index contributed by atoms with van der Waals surface area (Å²) in [5.74, 6) is 0. The molecular weight excluding hydrogens is 107 g/mol. The standard InChI is InChI=1S/C4H8N2P/c5-6-7-3-1-2-4-7/h1-4H2/q+1. The molecule has 0 aliphatic carbocycles. The van der Waals surface area contributed by atoms with Crippen LogP contribution in [-0.2, 0) is 0 Å². The third kappa shape index (κ3) is 1.11. The van der Waals surface area contributed by atoms with Gasteiger partial charge in [0.05, 0.1) is 12.3 Å². The highest BCUT2D eigenvalue weighted by Crippen LogP contribution is 2.44. The summed E-state index contributed by atoms with van der Waals surface area (Å²) in [7, 11) is -0.262. The average Bonchev–Trinajstić information content (AvgIpc) is 2.14. The highest BCUT2D eigenvalue weighted by atomic mass is 31.1. The topological polar surface area (TPSA) is 28.1 Å². The minimum atomic E-state index is -0.262. The Labute approximate surface area is 44.3 Å². The van der Waals surface area contributed by atoms with Crippen LogP contribution >= 0.6 is 8.07 Å². The maximum Gasteiger partial charge on any atom is 0.377 e. The molecule has 1 saturated heterocycles. The first kappa shape index (κ1) is 5.00. The van der Waals surface area contributed by atoms with Gasteiger partial charge in [0.1, 0.15) is 4.75 Å². The highest BCUT2D eigenvalue weighted by molar-refractivity contribution is 7.59. The van der Waals surface area contributed by atoms with Crippen LogP contribution in [0.1, 0.15) is 12.8 Å². The van der Waals surface area contributed by atoms with Crippen molar-refractivity contribution in [2.75, 3.05) is 12.3 Å². The maximum atomic E-state index is 8.22. The van der Waals surface area contributed by atoms with E-state index in [1.807, 2.05) is 0 Å². The number of diazo groups is 1. The Hall–Kier alpha value is -0.150. The normalized spacial score (nSPS) is 22.1. The molecule has 0 amide bonds. The van der Waals surface area contributed by atoms with Gasteiger partial charge < -0.3 is 0 Å². The molecule has 1 fully saturated rings. The van der Waals surface area contributed by atoms with Gasteiger partial charge in [-0.1, -0.05) is 0 Å². The van der Waals surface area contributed by atoms with Gasteiger partial charge in [-0.25, -0.2) is 0 Å². The van der Waals surface area contributed by atoms with Crippen molar-refractivity contribution in [3.63, 3.8) is 0 Å². The van der Waals surface area contributed by atoms with Crippen molar-refractivity contribution < 1.29 is 0 Å². The zero-order valence-corrected chi connectivity index (χ0v) is 5.06. The van der Waals surface area contributed by atoms with Crippen molar-refractivity contribution in [2.24, 2.45) is 0 Å². The van der Waals surface area contributed by atoms with Gasteiger partial charge in [0.2, 0.25) is 5.39 Å². The monoisotopic (exact) mass is 115 g/mol. The number of rotatable bonds is 0. The van der Waals surface area contributed by atoms with E-state index in [9.17, 15) is 0 Å². The molecule has 0 aromatic heterocycles. The van der Waals surface area contributed by atoms with Gasteiger partial charge in [0.15, 0.2) is 0 Å². The lowest BCUT2D eigenvalue weighted by Crippen LogP contribution is -1.62. The smallest absolute Gasteiger partial charge is 0.0416 e. The van der Waals surface area contributed by atoms with Crippen molar-refractivity contribution in [1.29, 1.82) is 5.39 Å². The molecule has 38 valence electrons. The van der Waals surface area contributed by atoms with E-state index < -0.39 is 0 Å². The van der Waals surface area contributed by atoms with Gasteiger partial charge in [-0.2, -0.15) is 0 Å². The summed E-state index contributed by atoms with van der Waals surface area (Å²) < 4.78 is 3.25. The van der Waals surface area contributed by atoms with Crippen molar-refractivity contribution in [1.82, 2.24) is 0 Å². The van der Waals surface area contributed by atoms with Crippen molar-refractivity contribution >= 4 is 8.07 Å². The maximum absolute atomic E-state index is 8.22. The fourth-order valence-corrected chi connectivity index (χ4v) is 2.37. The molecule has 0 saturated carbocycles. The largest absolute Gasteiger partial charge is 0.377 e. The summed E-state index contributed by atoms with van der Waals surface area (Å²) in [5, 5.41) is 8.22. The second kappa shape index (κ2) is 2.23. The van der Waals surface area contributed by atoms with Crippen molar-refractivity contribution in [2.45, 2.75) is 12.8 Å². The van der Waals surface area contributed by atoms with Crippen LogP contribution in [0.2, 0.25) is 0 Å². The summed E-state index contributed by atoms with van der Waals surface area (Å²) in [6.07, 6.45) is 4.86.